The summed E-state index contributed by atoms with van der Waals surface area (Å²) in [4.78, 5) is 0. The normalized spacial score (nSPS) is 14.0. The third kappa shape index (κ3) is 8.73. The summed E-state index contributed by atoms with van der Waals surface area (Å²) in [5.74, 6) is 0. The van der Waals surface area contributed by atoms with Gasteiger partial charge in [0.05, 0.1) is 0 Å². The first-order chi connectivity index (χ1) is 3.71. The van der Waals surface area contributed by atoms with Crippen LogP contribution in [0.15, 0.2) is 0 Å². The molecule has 9 heavy (non-hydrogen) atoms. The molecule has 0 aliphatic carbocycles. The minimum absolute atomic E-state index is 3.40. The Hall–Kier alpha value is 0.730. The van der Waals surface area contributed by atoms with E-state index in [2.05, 4.69) is 11.6 Å². The van der Waals surface area contributed by atoms with Crippen molar-refractivity contribution < 1.29 is 22.0 Å². The van der Waals surface area contributed by atoms with Gasteiger partial charge in [0.25, 0.3) is 0 Å². The molecule has 0 aliphatic rings. The SMILES string of the molecule is FC(F)(F)[Te]C(F)(F)Cl. The average Bonchev–Trinajstić information content (AvgIpc) is 1.14. The summed E-state index contributed by atoms with van der Waals surface area (Å²) in [6.07, 6.45) is 0. The molecule has 0 aliphatic heterocycles. The number of rotatable bonds is 1. The van der Waals surface area contributed by atoms with E-state index in [-0.39, 0.29) is 0 Å². The molecule has 0 N–H and O–H groups in total. The fraction of sp³-hybridized carbons (Fsp3) is 1.00. The summed E-state index contributed by atoms with van der Waals surface area (Å²) >= 11 is 0.619. The maximum absolute atomic E-state index is 11.3. The van der Waals surface area contributed by atoms with E-state index in [0.717, 1.165) is 0 Å². The van der Waals surface area contributed by atoms with E-state index in [9.17, 15) is 22.0 Å². The summed E-state index contributed by atoms with van der Waals surface area (Å²) in [5, 5.41) is 0. The zero-order valence-corrected chi connectivity index (χ0v) is 6.76. The van der Waals surface area contributed by atoms with Crippen LogP contribution in [0.2, 0.25) is 0 Å². The van der Waals surface area contributed by atoms with Crippen molar-refractivity contribution in [2.45, 2.75) is 7.65 Å². The Kier molecular flexibility index (Phi) is 2.99. The average molecular weight is 282 g/mol. The number of hydrogen-bond donors (Lipinski definition) is 0. The molecule has 0 aromatic rings. The van der Waals surface area contributed by atoms with Crippen molar-refractivity contribution in [3.8, 4) is 0 Å². The molecule has 7 heteroatoms. The fourth-order valence-electron chi connectivity index (χ4n) is 0.131. The molecule has 0 saturated heterocycles. The van der Waals surface area contributed by atoms with Gasteiger partial charge in [0, 0.05) is 0 Å². The van der Waals surface area contributed by atoms with Crippen molar-refractivity contribution in [2.24, 2.45) is 0 Å². The summed E-state index contributed by atoms with van der Waals surface area (Å²) in [6.45, 7) is 0. The molecule has 0 aromatic carbocycles. The van der Waals surface area contributed by atoms with Gasteiger partial charge in [-0.2, -0.15) is 0 Å². The van der Waals surface area contributed by atoms with E-state index in [1.54, 1.807) is 0 Å². The van der Waals surface area contributed by atoms with Gasteiger partial charge in [-0.1, -0.05) is 0 Å². The summed E-state index contributed by atoms with van der Waals surface area (Å²) in [7, 11) is 0. The van der Waals surface area contributed by atoms with Gasteiger partial charge in [-0.15, -0.1) is 0 Å². The second kappa shape index (κ2) is 2.77. The second-order valence-corrected chi connectivity index (χ2v) is 5.54. The third-order valence-electron chi connectivity index (χ3n) is 0.231. The minimum atomic E-state index is -4.77. The first-order valence-corrected chi connectivity index (χ1v) is 4.25. The second-order valence-electron chi connectivity index (χ2n) is 0.994. The quantitative estimate of drug-likeness (QED) is 0.392. The van der Waals surface area contributed by atoms with E-state index in [1.807, 2.05) is 0 Å². The molecule has 0 saturated carbocycles. The Bertz CT molecular complexity index is 80.1. The molecule has 0 heterocycles. The Morgan fingerprint density at radius 1 is 1.00 bits per heavy atom. The van der Waals surface area contributed by atoms with Crippen LogP contribution in [0.1, 0.15) is 0 Å². The van der Waals surface area contributed by atoms with Gasteiger partial charge >= 0.3 is 62.1 Å². The summed E-state index contributed by atoms with van der Waals surface area (Å²) in [6, 6.07) is 0. The Labute approximate surface area is 62.4 Å². The Balaban J connectivity index is 3.75. The first kappa shape index (κ1) is 9.73. The maximum atomic E-state index is 11.3. The van der Waals surface area contributed by atoms with Crippen molar-refractivity contribution in [3.63, 3.8) is 0 Å². The molecule has 0 spiro atoms. The van der Waals surface area contributed by atoms with E-state index < -0.39 is 28.6 Å². The van der Waals surface area contributed by atoms with Crippen LogP contribution in [0.25, 0.3) is 0 Å². The zero-order chi connectivity index (χ0) is 7.71. The first-order valence-electron chi connectivity index (χ1n) is 1.54. The van der Waals surface area contributed by atoms with Gasteiger partial charge in [-0.25, -0.2) is 0 Å². The van der Waals surface area contributed by atoms with Crippen LogP contribution < -0.4 is 0 Å². The molecular formula is C2ClF5Te. The molecule has 0 bridgehead atoms. The monoisotopic (exact) mass is 284 g/mol. The van der Waals surface area contributed by atoms with Gasteiger partial charge in [-0.05, 0) is 0 Å². The van der Waals surface area contributed by atoms with Crippen molar-refractivity contribution in [3.05, 3.63) is 0 Å². The molecule has 0 fully saturated rings. The standard InChI is InChI=1S/C2ClF5Te/c3-1(4,5)9-2(6,7)8. The molecule has 0 atom stereocenters. The number of halogens is 6. The van der Waals surface area contributed by atoms with Crippen LogP contribution in [0, 0.1) is 0 Å². The molecule has 0 aromatic heterocycles. The van der Waals surface area contributed by atoms with E-state index in [4.69, 9.17) is 0 Å². The van der Waals surface area contributed by atoms with Crippen molar-refractivity contribution in [2.75, 3.05) is 0 Å². The van der Waals surface area contributed by atoms with Gasteiger partial charge in [0.15, 0.2) is 0 Å². The van der Waals surface area contributed by atoms with Crippen LogP contribution in [-0.2, 0) is 0 Å². The van der Waals surface area contributed by atoms with Crippen LogP contribution in [-0.4, -0.2) is 28.6 Å². The van der Waals surface area contributed by atoms with Crippen LogP contribution in [0.3, 0.4) is 0 Å². The predicted molar refractivity (Wildman–Crippen MR) is 22.6 cm³/mol. The van der Waals surface area contributed by atoms with E-state index in [1.165, 1.54) is 0 Å². The summed E-state index contributed by atoms with van der Waals surface area (Å²) < 4.78 is 47.0. The fourth-order valence-corrected chi connectivity index (χ4v) is 1.47. The van der Waals surface area contributed by atoms with Crippen molar-refractivity contribution >= 4 is 32.5 Å². The zero-order valence-electron chi connectivity index (χ0n) is 3.68. The van der Waals surface area contributed by atoms with Crippen LogP contribution in [0.4, 0.5) is 22.0 Å². The molecule has 0 nitrogen and oxygen atoms in total. The molecule has 56 valence electrons. The topological polar surface area (TPSA) is 0 Å². The predicted octanol–water partition coefficient (Wildman–Crippen LogP) is 2.00. The van der Waals surface area contributed by atoms with Gasteiger partial charge in [-0.3, -0.25) is 0 Å². The molecular weight excluding hydrogens is 282 g/mol. The molecule has 0 rings (SSSR count). The number of alkyl halides is 6. The van der Waals surface area contributed by atoms with Crippen molar-refractivity contribution in [1.82, 2.24) is 0 Å². The third-order valence-corrected chi connectivity index (χ3v) is 2.07. The summed E-state index contributed by atoms with van der Waals surface area (Å²) in [5.41, 5.74) is 0. The Morgan fingerprint density at radius 3 is 1.33 bits per heavy atom. The van der Waals surface area contributed by atoms with Gasteiger partial charge in [0.2, 0.25) is 0 Å². The van der Waals surface area contributed by atoms with Gasteiger partial charge in [0.1, 0.15) is 0 Å². The van der Waals surface area contributed by atoms with Crippen LogP contribution >= 0.6 is 11.6 Å². The van der Waals surface area contributed by atoms with Crippen LogP contribution in [0.5, 0.6) is 0 Å². The molecule has 0 unspecified atom stereocenters. The van der Waals surface area contributed by atoms with Gasteiger partial charge < -0.3 is 0 Å². The van der Waals surface area contributed by atoms with Crippen molar-refractivity contribution in [1.29, 1.82) is 0 Å². The van der Waals surface area contributed by atoms with E-state index >= 15 is 0 Å². The Morgan fingerprint density at radius 2 is 1.33 bits per heavy atom. The molecule has 0 radical (unpaired) electrons. The number of hydrogen-bond acceptors (Lipinski definition) is 0. The van der Waals surface area contributed by atoms with E-state index in [0.29, 0.717) is 0 Å². The molecule has 0 amide bonds.